The minimum atomic E-state index is -0.121. The SMILES string of the molecule is COc1cc(OC)c2[nH]c(C(=O)NC[C@H]3CCOC3)cc2c1. The molecule has 1 fully saturated rings. The first-order chi connectivity index (χ1) is 10.7. The molecule has 1 atom stereocenters. The van der Waals surface area contributed by atoms with Crippen LogP contribution < -0.4 is 14.8 Å². The summed E-state index contributed by atoms with van der Waals surface area (Å²) in [5, 5.41) is 3.83. The van der Waals surface area contributed by atoms with Gasteiger partial charge in [0.15, 0.2) is 0 Å². The lowest BCUT2D eigenvalue weighted by Gasteiger charge is -2.08. The van der Waals surface area contributed by atoms with E-state index >= 15 is 0 Å². The highest BCUT2D eigenvalue weighted by Gasteiger charge is 2.18. The Morgan fingerprint density at radius 3 is 2.91 bits per heavy atom. The fraction of sp³-hybridized carbons (Fsp3) is 0.438. The maximum Gasteiger partial charge on any atom is 0.267 e. The number of methoxy groups -OCH3 is 2. The zero-order valence-electron chi connectivity index (χ0n) is 12.8. The Bertz CT molecular complexity index is 674. The number of ether oxygens (including phenoxy) is 3. The van der Waals surface area contributed by atoms with Crippen LogP contribution in [0.1, 0.15) is 16.9 Å². The second-order valence-corrected chi connectivity index (χ2v) is 5.42. The van der Waals surface area contributed by atoms with E-state index in [9.17, 15) is 4.79 Å². The molecule has 2 aromatic rings. The van der Waals surface area contributed by atoms with E-state index in [0.29, 0.717) is 29.7 Å². The fourth-order valence-electron chi connectivity index (χ4n) is 2.66. The third kappa shape index (κ3) is 2.87. The van der Waals surface area contributed by atoms with Gasteiger partial charge in [0.2, 0.25) is 0 Å². The average molecular weight is 304 g/mol. The summed E-state index contributed by atoms with van der Waals surface area (Å²) >= 11 is 0. The van der Waals surface area contributed by atoms with Crippen LogP contribution in [0.5, 0.6) is 11.5 Å². The molecule has 6 nitrogen and oxygen atoms in total. The van der Waals surface area contributed by atoms with Gasteiger partial charge in [0.25, 0.3) is 5.91 Å². The summed E-state index contributed by atoms with van der Waals surface area (Å²) in [6, 6.07) is 5.47. The van der Waals surface area contributed by atoms with Crippen LogP contribution in [0, 0.1) is 5.92 Å². The number of amides is 1. The molecule has 6 heteroatoms. The number of hydrogen-bond donors (Lipinski definition) is 2. The third-order valence-electron chi connectivity index (χ3n) is 3.94. The van der Waals surface area contributed by atoms with Crippen molar-refractivity contribution in [2.24, 2.45) is 5.92 Å². The Hall–Kier alpha value is -2.21. The van der Waals surface area contributed by atoms with Gasteiger partial charge in [0.1, 0.15) is 17.2 Å². The van der Waals surface area contributed by atoms with Crippen molar-refractivity contribution in [1.82, 2.24) is 10.3 Å². The Morgan fingerprint density at radius 1 is 1.36 bits per heavy atom. The van der Waals surface area contributed by atoms with Crippen LogP contribution >= 0.6 is 0 Å². The zero-order chi connectivity index (χ0) is 15.5. The van der Waals surface area contributed by atoms with E-state index in [1.165, 1.54) is 0 Å². The molecule has 0 aliphatic carbocycles. The molecule has 1 saturated heterocycles. The monoisotopic (exact) mass is 304 g/mol. The summed E-state index contributed by atoms with van der Waals surface area (Å²) in [6.07, 6.45) is 0.998. The zero-order valence-corrected chi connectivity index (χ0v) is 12.8. The quantitative estimate of drug-likeness (QED) is 0.885. The van der Waals surface area contributed by atoms with Gasteiger partial charge in [-0.2, -0.15) is 0 Å². The summed E-state index contributed by atoms with van der Waals surface area (Å²) in [7, 11) is 3.19. The summed E-state index contributed by atoms with van der Waals surface area (Å²) in [4.78, 5) is 15.4. The number of fused-ring (bicyclic) bond motifs is 1. The van der Waals surface area contributed by atoms with E-state index in [2.05, 4.69) is 10.3 Å². The van der Waals surface area contributed by atoms with Crippen LogP contribution in [0.3, 0.4) is 0 Å². The molecule has 1 aliphatic rings. The van der Waals surface area contributed by atoms with Gasteiger partial charge in [0, 0.05) is 30.5 Å². The number of carbonyl (C=O) groups is 1. The van der Waals surface area contributed by atoms with Gasteiger partial charge in [-0.15, -0.1) is 0 Å². The van der Waals surface area contributed by atoms with E-state index in [1.807, 2.05) is 6.07 Å². The van der Waals surface area contributed by atoms with Crippen LogP contribution in [0.15, 0.2) is 18.2 Å². The average Bonchev–Trinajstić information content (AvgIpc) is 3.20. The molecule has 1 aromatic heterocycles. The molecule has 0 unspecified atom stereocenters. The van der Waals surface area contributed by atoms with Crippen molar-refractivity contribution in [1.29, 1.82) is 0 Å². The van der Waals surface area contributed by atoms with Crippen LogP contribution in [-0.2, 0) is 4.74 Å². The van der Waals surface area contributed by atoms with Gasteiger partial charge in [-0.25, -0.2) is 0 Å². The van der Waals surface area contributed by atoms with Gasteiger partial charge in [0.05, 0.1) is 26.3 Å². The normalized spacial score (nSPS) is 17.6. The van der Waals surface area contributed by atoms with Crippen molar-refractivity contribution in [2.45, 2.75) is 6.42 Å². The lowest BCUT2D eigenvalue weighted by Crippen LogP contribution is -2.29. The van der Waals surface area contributed by atoms with E-state index in [-0.39, 0.29) is 5.91 Å². The molecular formula is C16H20N2O4. The van der Waals surface area contributed by atoms with E-state index in [0.717, 1.165) is 30.5 Å². The third-order valence-corrected chi connectivity index (χ3v) is 3.94. The van der Waals surface area contributed by atoms with Crippen molar-refractivity contribution in [3.05, 3.63) is 23.9 Å². The second kappa shape index (κ2) is 6.27. The number of carbonyl (C=O) groups excluding carboxylic acids is 1. The summed E-state index contributed by atoms with van der Waals surface area (Å²) in [5.74, 6) is 1.63. The molecule has 0 saturated carbocycles. The maximum absolute atomic E-state index is 12.3. The molecule has 2 N–H and O–H groups in total. The first-order valence-electron chi connectivity index (χ1n) is 7.32. The highest BCUT2D eigenvalue weighted by molar-refractivity contribution is 5.99. The first kappa shape index (κ1) is 14.7. The van der Waals surface area contributed by atoms with Crippen LogP contribution in [0.4, 0.5) is 0 Å². The van der Waals surface area contributed by atoms with Gasteiger partial charge in [-0.1, -0.05) is 0 Å². The largest absolute Gasteiger partial charge is 0.497 e. The minimum absolute atomic E-state index is 0.121. The van der Waals surface area contributed by atoms with E-state index in [1.54, 1.807) is 26.4 Å². The Kier molecular flexibility index (Phi) is 4.20. The standard InChI is InChI=1S/C16H20N2O4/c1-20-12-5-11-6-13(18-15(11)14(7-12)21-2)16(19)17-8-10-3-4-22-9-10/h5-7,10,18H,3-4,8-9H2,1-2H3,(H,17,19)/t10-/m1/s1. The van der Waals surface area contributed by atoms with Crippen LogP contribution in [-0.4, -0.2) is 44.9 Å². The lowest BCUT2D eigenvalue weighted by atomic mass is 10.1. The molecule has 118 valence electrons. The minimum Gasteiger partial charge on any atom is -0.497 e. The molecule has 0 bridgehead atoms. The number of hydrogen-bond acceptors (Lipinski definition) is 4. The Morgan fingerprint density at radius 2 is 2.23 bits per heavy atom. The Balaban J connectivity index is 1.79. The molecule has 0 radical (unpaired) electrons. The molecule has 0 spiro atoms. The molecule has 22 heavy (non-hydrogen) atoms. The van der Waals surface area contributed by atoms with Crippen molar-refractivity contribution in [2.75, 3.05) is 34.0 Å². The molecule has 2 heterocycles. The molecular weight excluding hydrogens is 284 g/mol. The maximum atomic E-state index is 12.3. The Labute approximate surface area is 128 Å². The smallest absolute Gasteiger partial charge is 0.267 e. The van der Waals surface area contributed by atoms with Crippen molar-refractivity contribution in [3.63, 3.8) is 0 Å². The van der Waals surface area contributed by atoms with Crippen molar-refractivity contribution >= 4 is 16.8 Å². The molecule has 1 amide bonds. The van der Waals surface area contributed by atoms with Crippen molar-refractivity contribution < 1.29 is 19.0 Å². The van der Waals surface area contributed by atoms with Gasteiger partial charge >= 0.3 is 0 Å². The number of aromatic amines is 1. The molecule has 3 rings (SSSR count). The number of benzene rings is 1. The summed E-state index contributed by atoms with van der Waals surface area (Å²) < 4.78 is 15.9. The van der Waals surface area contributed by atoms with Crippen molar-refractivity contribution in [3.8, 4) is 11.5 Å². The summed E-state index contributed by atoms with van der Waals surface area (Å²) in [5.41, 5.74) is 1.30. The topological polar surface area (TPSA) is 72.6 Å². The predicted molar refractivity (Wildman–Crippen MR) is 82.7 cm³/mol. The number of aromatic nitrogens is 1. The lowest BCUT2D eigenvalue weighted by molar-refractivity contribution is 0.0941. The number of nitrogens with one attached hydrogen (secondary N) is 2. The predicted octanol–water partition coefficient (Wildman–Crippen LogP) is 1.95. The van der Waals surface area contributed by atoms with E-state index < -0.39 is 0 Å². The summed E-state index contributed by atoms with van der Waals surface area (Å²) in [6.45, 7) is 2.14. The van der Waals surface area contributed by atoms with Gasteiger partial charge in [-0.05, 0) is 18.6 Å². The highest BCUT2D eigenvalue weighted by Crippen LogP contribution is 2.31. The van der Waals surface area contributed by atoms with Gasteiger partial charge in [-0.3, -0.25) is 4.79 Å². The number of rotatable bonds is 5. The van der Waals surface area contributed by atoms with Crippen LogP contribution in [0.2, 0.25) is 0 Å². The van der Waals surface area contributed by atoms with Gasteiger partial charge < -0.3 is 24.5 Å². The van der Waals surface area contributed by atoms with E-state index in [4.69, 9.17) is 14.2 Å². The second-order valence-electron chi connectivity index (χ2n) is 5.42. The number of H-pyrrole nitrogens is 1. The molecule has 1 aromatic carbocycles. The van der Waals surface area contributed by atoms with Crippen LogP contribution in [0.25, 0.3) is 10.9 Å². The first-order valence-corrected chi connectivity index (χ1v) is 7.32. The highest BCUT2D eigenvalue weighted by atomic mass is 16.5. The molecule has 1 aliphatic heterocycles. The fourth-order valence-corrected chi connectivity index (χ4v) is 2.66.